The zero-order valence-electron chi connectivity index (χ0n) is 14.9. The Bertz CT molecular complexity index is 754. The van der Waals surface area contributed by atoms with Crippen molar-refractivity contribution in [1.82, 2.24) is 10.6 Å². The van der Waals surface area contributed by atoms with Crippen molar-refractivity contribution in [2.24, 2.45) is 4.99 Å². The molecule has 0 bridgehead atoms. The third-order valence-electron chi connectivity index (χ3n) is 3.93. The Kier molecular flexibility index (Phi) is 6.09. The van der Waals surface area contributed by atoms with Gasteiger partial charge >= 0.3 is 0 Å². The van der Waals surface area contributed by atoms with E-state index in [0.717, 1.165) is 42.5 Å². The molecule has 3 N–H and O–H groups in total. The number of ether oxygens (including phenoxy) is 1. The first-order valence-electron chi connectivity index (χ1n) is 8.90. The molecule has 0 spiro atoms. The summed E-state index contributed by atoms with van der Waals surface area (Å²) in [5.41, 5.74) is 2.63. The van der Waals surface area contributed by atoms with Gasteiger partial charge in [0.25, 0.3) is 5.91 Å². The molecule has 1 heterocycles. The van der Waals surface area contributed by atoms with Gasteiger partial charge in [0, 0.05) is 24.3 Å². The van der Waals surface area contributed by atoms with Gasteiger partial charge in [-0.1, -0.05) is 19.1 Å². The standard InChI is InChI=1S/C20H24N4O2/c1-2-13-26-18-9-5-16(6-10-18)19(25)23-14-15-3-7-17(8-4-15)24-20-21-11-12-22-20/h3-10H,2,11-14H2,1H3,(H,23,25)(H2,21,22,24). The van der Waals surface area contributed by atoms with Gasteiger partial charge < -0.3 is 20.7 Å². The number of hydrogen-bond acceptors (Lipinski definition) is 5. The minimum Gasteiger partial charge on any atom is -0.494 e. The topological polar surface area (TPSA) is 74.8 Å². The Morgan fingerprint density at radius 1 is 1.15 bits per heavy atom. The molecule has 0 aliphatic carbocycles. The van der Waals surface area contributed by atoms with Crippen LogP contribution in [0, 0.1) is 0 Å². The summed E-state index contributed by atoms with van der Waals surface area (Å²) in [6.45, 7) is 4.90. The van der Waals surface area contributed by atoms with Crippen LogP contribution < -0.4 is 20.7 Å². The summed E-state index contributed by atoms with van der Waals surface area (Å²) in [6, 6.07) is 15.1. The highest BCUT2D eigenvalue weighted by atomic mass is 16.5. The first kappa shape index (κ1) is 17.8. The zero-order valence-corrected chi connectivity index (χ0v) is 14.9. The van der Waals surface area contributed by atoms with Crippen molar-refractivity contribution >= 4 is 17.6 Å². The second-order valence-corrected chi connectivity index (χ2v) is 6.03. The van der Waals surface area contributed by atoms with Crippen LogP contribution in [0.2, 0.25) is 0 Å². The van der Waals surface area contributed by atoms with Gasteiger partial charge in [0.05, 0.1) is 13.2 Å². The number of nitrogens with zero attached hydrogens (tertiary/aromatic N) is 1. The molecular formula is C20H24N4O2. The smallest absolute Gasteiger partial charge is 0.251 e. The van der Waals surface area contributed by atoms with Crippen molar-refractivity contribution in [3.05, 3.63) is 59.7 Å². The summed E-state index contributed by atoms with van der Waals surface area (Å²) in [5.74, 6) is 1.49. The fraction of sp³-hybridized carbons (Fsp3) is 0.300. The summed E-state index contributed by atoms with van der Waals surface area (Å²) in [6.07, 6.45) is 0.959. The van der Waals surface area contributed by atoms with Crippen LogP contribution in [-0.2, 0) is 6.54 Å². The van der Waals surface area contributed by atoms with E-state index in [1.54, 1.807) is 12.1 Å². The maximum atomic E-state index is 12.3. The highest BCUT2D eigenvalue weighted by molar-refractivity contribution is 5.95. The van der Waals surface area contributed by atoms with Crippen molar-refractivity contribution < 1.29 is 9.53 Å². The first-order valence-corrected chi connectivity index (χ1v) is 8.90. The van der Waals surface area contributed by atoms with Gasteiger partial charge in [-0.25, -0.2) is 0 Å². The van der Waals surface area contributed by atoms with E-state index in [9.17, 15) is 4.79 Å². The average molecular weight is 352 g/mol. The monoisotopic (exact) mass is 352 g/mol. The summed E-state index contributed by atoms with van der Waals surface area (Å²) in [5, 5.41) is 9.32. The number of rotatable bonds is 7. The Morgan fingerprint density at radius 2 is 1.92 bits per heavy atom. The lowest BCUT2D eigenvalue weighted by Crippen LogP contribution is -2.26. The Labute approximate surface area is 153 Å². The number of guanidine groups is 1. The van der Waals surface area contributed by atoms with Gasteiger partial charge in [0.15, 0.2) is 5.96 Å². The van der Waals surface area contributed by atoms with E-state index in [0.29, 0.717) is 18.7 Å². The number of nitrogens with one attached hydrogen (secondary N) is 3. The largest absolute Gasteiger partial charge is 0.494 e. The van der Waals surface area contributed by atoms with Gasteiger partial charge in [-0.2, -0.15) is 0 Å². The third kappa shape index (κ3) is 4.99. The van der Waals surface area contributed by atoms with Crippen LogP contribution >= 0.6 is 0 Å². The lowest BCUT2D eigenvalue weighted by molar-refractivity contribution is 0.0951. The molecule has 1 aliphatic rings. The number of carbonyl (C=O) groups is 1. The lowest BCUT2D eigenvalue weighted by atomic mass is 10.1. The number of aliphatic imine (C=N–C) groups is 1. The van der Waals surface area contributed by atoms with Gasteiger partial charge in [-0.3, -0.25) is 9.79 Å². The summed E-state index contributed by atoms with van der Waals surface area (Å²) in [7, 11) is 0. The van der Waals surface area contributed by atoms with Crippen LogP contribution in [-0.4, -0.2) is 31.6 Å². The van der Waals surface area contributed by atoms with Crippen molar-refractivity contribution in [2.45, 2.75) is 19.9 Å². The predicted molar refractivity (Wildman–Crippen MR) is 104 cm³/mol. The van der Waals surface area contributed by atoms with Crippen LogP contribution in [0.1, 0.15) is 29.3 Å². The Hall–Kier alpha value is -3.02. The molecule has 1 aliphatic heterocycles. The number of amides is 1. The van der Waals surface area contributed by atoms with E-state index < -0.39 is 0 Å². The van der Waals surface area contributed by atoms with Gasteiger partial charge in [0.2, 0.25) is 0 Å². The second kappa shape index (κ2) is 8.89. The summed E-state index contributed by atoms with van der Waals surface area (Å²) in [4.78, 5) is 16.5. The number of carbonyl (C=O) groups excluding carboxylic acids is 1. The van der Waals surface area contributed by atoms with Crippen molar-refractivity contribution in [3.63, 3.8) is 0 Å². The minimum atomic E-state index is -0.0984. The molecule has 6 heteroatoms. The molecule has 0 unspecified atom stereocenters. The van der Waals surface area contributed by atoms with Gasteiger partial charge in [-0.05, 0) is 48.4 Å². The summed E-state index contributed by atoms with van der Waals surface area (Å²) >= 11 is 0. The normalized spacial score (nSPS) is 12.9. The van der Waals surface area contributed by atoms with E-state index in [-0.39, 0.29) is 5.91 Å². The molecule has 26 heavy (non-hydrogen) atoms. The summed E-state index contributed by atoms with van der Waals surface area (Å²) < 4.78 is 5.53. The molecule has 0 saturated heterocycles. The van der Waals surface area contributed by atoms with E-state index >= 15 is 0 Å². The average Bonchev–Trinajstić information content (AvgIpc) is 3.19. The van der Waals surface area contributed by atoms with Crippen LogP contribution in [0.4, 0.5) is 5.69 Å². The molecule has 3 rings (SSSR count). The SMILES string of the molecule is CCCOc1ccc(C(=O)NCc2ccc(NC3=NCCN3)cc2)cc1. The number of benzene rings is 2. The third-order valence-corrected chi connectivity index (χ3v) is 3.93. The fourth-order valence-electron chi connectivity index (χ4n) is 2.53. The fourth-order valence-corrected chi connectivity index (χ4v) is 2.53. The maximum absolute atomic E-state index is 12.3. The Morgan fingerprint density at radius 3 is 2.58 bits per heavy atom. The lowest BCUT2D eigenvalue weighted by Gasteiger charge is -2.09. The quantitative estimate of drug-likeness (QED) is 0.716. The van der Waals surface area contributed by atoms with Gasteiger partial charge in [0.1, 0.15) is 5.75 Å². The van der Waals surface area contributed by atoms with E-state index in [1.165, 1.54) is 0 Å². The van der Waals surface area contributed by atoms with Crippen LogP contribution in [0.3, 0.4) is 0 Å². The Balaban J connectivity index is 1.49. The predicted octanol–water partition coefficient (Wildman–Crippen LogP) is 2.78. The molecule has 6 nitrogen and oxygen atoms in total. The van der Waals surface area contributed by atoms with Gasteiger partial charge in [-0.15, -0.1) is 0 Å². The molecule has 2 aromatic carbocycles. The molecule has 0 aromatic heterocycles. The zero-order chi connectivity index (χ0) is 18.2. The van der Waals surface area contributed by atoms with Crippen LogP contribution in [0.15, 0.2) is 53.5 Å². The second-order valence-electron chi connectivity index (χ2n) is 6.03. The first-order chi connectivity index (χ1) is 12.7. The van der Waals surface area contributed by atoms with E-state index in [2.05, 4.69) is 27.9 Å². The maximum Gasteiger partial charge on any atom is 0.251 e. The van der Waals surface area contributed by atoms with Crippen LogP contribution in [0.25, 0.3) is 0 Å². The molecule has 0 radical (unpaired) electrons. The van der Waals surface area contributed by atoms with E-state index in [1.807, 2.05) is 36.4 Å². The number of hydrogen-bond donors (Lipinski definition) is 3. The highest BCUT2D eigenvalue weighted by Crippen LogP contribution is 2.13. The molecule has 0 fully saturated rings. The number of anilines is 1. The van der Waals surface area contributed by atoms with Crippen molar-refractivity contribution in [1.29, 1.82) is 0 Å². The highest BCUT2D eigenvalue weighted by Gasteiger charge is 2.07. The molecular weight excluding hydrogens is 328 g/mol. The van der Waals surface area contributed by atoms with Crippen molar-refractivity contribution in [3.8, 4) is 5.75 Å². The molecule has 0 saturated carbocycles. The molecule has 0 atom stereocenters. The van der Waals surface area contributed by atoms with Crippen molar-refractivity contribution in [2.75, 3.05) is 25.0 Å². The molecule has 2 aromatic rings. The molecule has 1 amide bonds. The molecule has 136 valence electrons. The van der Waals surface area contributed by atoms with Crippen LogP contribution in [0.5, 0.6) is 5.75 Å². The van der Waals surface area contributed by atoms with E-state index in [4.69, 9.17) is 4.74 Å². The minimum absolute atomic E-state index is 0.0984.